The Balaban J connectivity index is 1.96. The van der Waals surface area contributed by atoms with Gasteiger partial charge in [0.15, 0.2) is 6.23 Å². The molecule has 0 saturated carbocycles. The Hall–Kier alpha value is -1.22. The molecule has 0 radical (unpaired) electrons. The number of aromatic nitrogens is 2. The molecule has 1 aromatic rings. The third-order valence-corrected chi connectivity index (χ3v) is 6.50. The predicted molar refractivity (Wildman–Crippen MR) is 100 cm³/mol. The summed E-state index contributed by atoms with van der Waals surface area (Å²) < 4.78 is 43.1. The largest absolute Gasteiger partial charge is 0.481 e. The van der Waals surface area contributed by atoms with E-state index in [1.54, 1.807) is 19.0 Å². The van der Waals surface area contributed by atoms with E-state index in [4.69, 9.17) is 10.5 Å². The molecule has 0 bridgehead atoms. The number of aliphatic hydroxyl groups excluding tert-OH is 2. The van der Waals surface area contributed by atoms with Gasteiger partial charge in [-0.05, 0) is 20.2 Å². The summed E-state index contributed by atoms with van der Waals surface area (Å²) in [5.74, 6) is -0.0660. The molecule has 6 N–H and O–H groups in total. The van der Waals surface area contributed by atoms with E-state index in [1.807, 2.05) is 0 Å². The second-order valence-electron chi connectivity index (χ2n) is 6.54. The van der Waals surface area contributed by atoms with E-state index >= 15 is 0 Å². The molecule has 0 aliphatic carbocycles. The molecule has 6 atom stereocenters. The van der Waals surface area contributed by atoms with Gasteiger partial charge in [0.05, 0.1) is 13.2 Å². The van der Waals surface area contributed by atoms with Crippen LogP contribution >= 0.6 is 15.6 Å². The van der Waals surface area contributed by atoms with Crippen molar-refractivity contribution in [3.05, 3.63) is 22.7 Å². The monoisotopic (exact) mass is 474 g/mol. The number of nitrogens with two attached hydrogens (primary N) is 1. The van der Waals surface area contributed by atoms with E-state index in [0.29, 0.717) is 0 Å². The van der Waals surface area contributed by atoms with Crippen LogP contribution in [0.15, 0.2) is 17.1 Å². The molecule has 1 aromatic heterocycles. The number of nitrogen functional groups attached to an aromatic ring is 1. The Bertz CT molecular complexity index is 881. The zero-order chi connectivity index (χ0) is 22.7. The number of phosphoric acid groups is 2. The van der Waals surface area contributed by atoms with Crippen molar-refractivity contribution in [2.75, 3.05) is 39.6 Å². The standard InChI is InChI=1S/C13H24N4O11P2/c1-16(2)5-6-25-29(21,22)28-30(23,24)26-7-8-10(18)11(19)12(27-8)17-4-3-9(14)15-13(17)20/h3-4,8,10-12,18-19H,5-7H2,1-2H3,(H,21,22)(H,23,24)(H2,14,15,20)/t8-,10-,11-,12-/m1/s1. The van der Waals surface area contributed by atoms with Crippen molar-refractivity contribution in [3.63, 3.8) is 0 Å². The number of likely N-dealkylation sites (N-methyl/N-ethyl adjacent to an activating group) is 1. The molecule has 1 aliphatic rings. The summed E-state index contributed by atoms with van der Waals surface area (Å²) in [6.07, 6.45) is -4.82. The minimum absolute atomic E-state index is 0.0660. The number of phosphoric ester groups is 2. The van der Waals surface area contributed by atoms with Crippen LogP contribution in [0.3, 0.4) is 0 Å². The Morgan fingerprint density at radius 3 is 2.47 bits per heavy atom. The van der Waals surface area contributed by atoms with E-state index in [-0.39, 0.29) is 19.0 Å². The lowest BCUT2D eigenvalue weighted by Crippen LogP contribution is -2.36. The second-order valence-corrected chi connectivity index (χ2v) is 9.58. The number of aliphatic hydroxyl groups is 2. The normalized spacial score (nSPS) is 28.4. The molecular weight excluding hydrogens is 450 g/mol. The fourth-order valence-corrected chi connectivity index (χ4v) is 4.47. The van der Waals surface area contributed by atoms with Crippen LogP contribution in [0.2, 0.25) is 0 Å². The molecule has 2 heterocycles. The highest BCUT2D eigenvalue weighted by Gasteiger charge is 2.46. The van der Waals surface area contributed by atoms with E-state index in [9.17, 15) is 33.9 Å². The minimum atomic E-state index is -5.11. The summed E-state index contributed by atoms with van der Waals surface area (Å²) in [5, 5.41) is 20.2. The van der Waals surface area contributed by atoms with Crippen molar-refractivity contribution < 1.29 is 47.2 Å². The number of anilines is 1. The summed E-state index contributed by atoms with van der Waals surface area (Å²) in [5.41, 5.74) is 4.52. The molecule has 1 saturated heterocycles. The maximum absolute atomic E-state index is 11.9. The van der Waals surface area contributed by atoms with E-state index in [2.05, 4.69) is 18.3 Å². The summed E-state index contributed by atoms with van der Waals surface area (Å²) in [4.78, 5) is 36.1. The Labute approximate surface area is 170 Å². The van der Waals surface area contributed by atoms with Gasteiger partial charge in [0.2, 0.25) is 0 Å². The molecule has 15 nitrogen and oxygen atoms in total. The highest BCUT2D eigenvalue weighted by Crippen LogP contribution is 2.60. The van der Waals surface area contributed by atoms with Gasteiger partial charge in [0.25, 0.3) is 0 Å². The van der Waals surface area contributed by atoms with Crippen LogP contribution in [0.5, 0.6) is 0 Å². The third kappa shape index (κ3) is 6.90. The number of hydrogen-bond acceptors (Lipinski definition) is 12. The van der Waals surface area contributed by atoms with Crippen molar-refractivity contribution in [2.24, 2.45) is 0 Å². The summed E-state index contributed by atoms with van der Waals surface area (Å²) in [6, 6.07) is 1.26. The molecule has 2 unspecified atom stereocenters. The number of ether oxygens (including phenoxy) is 1. The lowest BCUT2D eigenvalue weighted by atomic mass is 10.1. The van der Waals surface area contributed by atoms with Crippen LogP contribution in [0.25, 0.3) is 0 Å². The summed E-state index contributed by atoms with van der Waals surface area (Å²) >= 11 is 0. The maximum Gasteiger partial charge on any atom is 0.481 e. The van der Waals surface area contributed by atoms with Crippen LogP contribution in [-0.2, 0) is 27.2 Å². The average Bonchev–Trinajstić information content (AvgIpc) is 2.87. The Kier molecular flexibility index (Phi) is 8.29. The first kappa shape index (κ1) is 25.0. The second kappa shape index (κ2) is 9.94. The van der Waals surface area contributed by atoms with Gasteiger partial charge in [0.1, 0.15) is 24.1 Å². The lowest BCUT2D eigenvalue weighted by Gasteiger charge is -2.19. The van der Waals surface area contributed by atoms with Gasteiger partial charge in [-0.3, -0.25) is 13.6 Å². The smallest absolute Gasteiger partial charge is 0.387 e. The van der Waals surface area contributed by atoms with Gasteiger partial charge in [0, 0.05) is 12.7 Å². The van der Waals surface area contributed by atoms with Crippen molar-refractivity contribution >= 4 is 21.5 Å². The third-order valence-electron chi connectivity index (χ3n) is 3.86. The zero-order valence-electron chi connectivity index (χ0n) is 16.0. The SMILES string of the molecule is CN(C)CCOP(=O)(O)OP(=O)(O)OC[C@H]1O[C@@H](n2ccc(N)nc2=O)[C@H](O)[C@@H]1O. The van der Waals surface area contributed by atoms with Crippen LogP contribution < -0.4 is 11.4 Å². The van der Waals surface area contributed by atoms with Crippen LogP contribution in [0.4, 0.5) is 5.82 Å². The number of rotatable bonds is 10. The number of hydrogen-bond donors (Lipinski definition) is 5. The summed E-state index contributed by atoms with van der Waals surface area (Å²) in [7, 11) is -6.67. The molecule has 0 spiro atoms. The molecule has 0 aromatic carbocycles. The molecule has 2 rings (SSSR count). The summed E-state index contributed by atoms with van der Waals surface area (Å²) in [6.45, 7) is -0.841. The van der Waals surface area contributed by atoms with Crippen molar-refractivity contribution in [2.45, 2.75) is 24.5 Å². The van der Waals surface area contributed by atoms with Crippen LogP contribution in [0.1, 0.15) is 6.23 Å². The van der Waals surface area contributed by atoms with Gasteiger partial charge in [-0.2, -0.15) is 9.29 Å². The highest BCUT2D eigenvalue weighted by molar-refractivity contribution is 7.61. The van der Waals surface area contributed by atoms with Gasteiger partial charge in [-0.15, -0.1) is 0 Å². The highest BCUT2D eigenvalue weighted by atomic mass is 31.3. The molecule has 1 fully saturated rings. The molecule has 17 heteroatoms. The fraction of sp³-hybridized carbons (Fsp3) is 0.692. The van der Waals surface area contributed by atoms with Gasteiger partial charge >= 0.3 is 21.3 Å². The van der Waals surface area contributed by atoms with Crippen LogP contribution in [-0.4, -0.2) is 86.6 Å². The molecule has 30 heavy (non-hydrogen) atoms. The van der Waals surface area contributed by atoms with Gasteiger partial charge < -0.3 is 35.4 Å². The van der Waals surface area contributed by atoms with E-state index in [0.717, 1.165) is 4.57 Å². The van der Waals surface area contributed by atoms with E-state index in [1.165, 1.54) is 12.3 Å². The van der Waals surface area contributed by atoms with Crippen molar-refractivity contribution in [1.82, 2.24) is 14.5 Å². The zero-order valence-corrected chi connectivity index (χ0v) is 17.8. The molecular formula is C13H24N4O11P2. The topological polar surface area (TPSA) is 216 Å². The van der Waals surface area contributed by atoms with Gasteiger partial charge in [-0.25, -0.2) is 13.9 Å². The maximum atomic E-state index is 11.9. The molecule has 1 aliphatic heterocycles. The molecule has 172 valence electrons. The lowest BCUT2D eigenvalue weighted by molar-refractivity contribution is -0.0542. The van der Waals surface area contributed by atoms with Crippen molar-refractivity contribution in [1.29, 1.82) is 0 Å². The first-order valence-electron chi connectivity index (χ1n) is 8.48. The van der Waals surface area contributed by atoms with Crippen molar-refractivity contribution in [3.8, 4) is 0 Å². The number of nitrogens with zero attached hydrogens (tertiary/aromatic N) is 3. The molecule has 0 amide bonds. The Morgan fingerprint density at radius 1 is 1.23 bits per heavy atom. The quantitative estimate of drug-likeness (QED) is 0.238. The first-order chi connectivity index (χ1) is 13.8. The van der Waals surface area contributed by atoms with E-state index < -0.39 is 52.5 Å². The fourth-order valence-electron chi connectivity index (χ4n) is 2.40. The first-order valence-corrected chi connectivity index (χ1v) is 11.5. The average molecular weight is 474 g/mol. The predicted octanol–water partition coefficient (Wildman–Crippen LogP) is -1.74. The van der Waals surface area contributed by atoms with Crippen LogP contribution in [0, 0.1) is 0 Å². The Morgan fingerprint density at radius 2 is 1.87 bits per heavy atom. The van der Waals surface area contributed by atoms with Gasteiger partial charge in [-0.1, -0.05) is 0 Å². The minimum Gasteiger partial charge on any atom is -0.387 e.